The van der Waals surface area contributed by atoms with E-state index in [1.807, 2.05) is 0 Å². The third-order valence-electron chi connectivity index (χ3n) is 1.63. The molecule has 1 aromatic rings. The normalized spacial score (nSPS) is 10.2. The smallest absolute Gasteiger partial charge is 0.125 e. The Labute approximate surface area is 81.8 Å². The molecule has 72 valence electrons. The fraction of sp³-hybridized carbons (Fsp3) is 0.556. The zero-order chi connectivity index (χ0) is 9.52. The maximum absolute atomic E-state index is 10.2. The molecule has 0 aliphatic heterocycles. The summed E-state index contributed by atoms with van der Waals surface area (Å²) in [6.45, 7) is 0.766. The summed E-state index contributed by atoms with van der Waals surface area (Å²) in [4.78, 5) is 15.5. The van der Waals surface area contributed by atoms with Gasteiger partial charge >= 0.3 is 0 Å². The molecular weight excluding hydrogens is 186 g/mol. The summed E-state index contributed by atoms with van der Waals surface area (Å²) in [5.41, 5.74) is 0. The molecule has 0 unspecified atom stereocenters. The monoisotopic (exact) mass is 199 g/mol. The number of thiazole rings is 1. The zero-order valence-electron chi connectivity index (χ0n) is 7.66. The van der Waals surface area contributed by atoms with Crippen LogP contribution in [0.25, 0.3) is 0 Å². The second-order valence-corrected chi connectivity index (χ2v) is 3.89. The summed E-state index contributed by atoms with van der Waals surface area (Å²) in [7, 11) is 1.69. The van der Waals surface area contributed by atoms with Gasteiger partial charge in [-0.25, -0.2) is 4.98 Å². The summed E-state index contributed by atoms with van der Waals surface area (Å²) in [5, 5.41) is 1.09. The van der Waals surface area contributed by atoms with Gasteiger partial charge in [0.2, 0.25) is 0 Å². The Hall–Kier alpha value is -0.740. The molecule has 0 spiro atoms. The predicted octanol–water partition coefficient (Wildman–Crippen LogP) is 1.46. The number of ether oxygens (including phenoxy) is 1. The van der Waals surface area contributed by atoms with E-state index in [0.29, 0.717) is 6.42 Å². The van der Waals surface area contributed by atoms with Gasteiger partial charge in [0.25, 0.3) is 0 Å². The zero-order valence-corrected chi connectivity index (χ0v) is 8.47. The molecule has 0 amide bonds. The minimum atomic E-state index is 0.488. The van der Waals surface area contributed by atoms with Crippen molar-refractivity contribution in [1.29, 1.82) is 0 Å². The Morgan fingerprint density at radius 3 is 3.23 bits per heavy atom. The van der Waals surface area contributed by atoms with Crippen LogP contribution < -0.4 is 0 Å². The molecule has 0 aliphatic rings. The lowest BCUT2D eigenvalue weighted by molar-refractivity contribution is -0.107. The first-order chi connectivity index (χ1) is 6.36. The molecule has 0 radical (unpaired) electrons. The Bertz CT molecular complexity index is 260. The largest absolute Gasteiger partial charge is 0.385 e. The van der Waals surface area contributed by atoms with Gasteiger partial charge in [-0.15, -0.1) is 11.3 Å². The first-order valence-corrected chi connectivity index (χ1v) is 5.04. The van der Waals surface area contributed by atoms with Crippen LogP contribution in [0.4, 0.5) is 0 Å². The Kier molecular flexibility index (Phi) is 4.64. The number of hydrogen-bond donors (Lipinski definition) is 0. The highest BCUT2D eigenvalue weighted by Gasteiger charge is 2.00. The maximum atomic E-state index is 10.2. The summed E-state index contributed by atoms with van der Waals surface area (Å²) < 4.78 is 4.94. The van der Waals surface area contributed by atoms with Crippen LogP contribution in [0.15, 0.2) is 6.20 Å². The lowest BCUT2D eigenvalue weighted by Gasteiger charge is -1.94. The van der Waals surface area contributed by atoms with Gasteiger partial charge in [-0.05, 0) is 6.42 Å². The predicted molar refractivity (Wildman–Crippen MR) is 52.1 cm³/mol. The number of nitrogens with zero attached hydrogens (tertiary/aromatic N) is 1. The molecule has 0 fully saturated rings. The Morgan fingerprint density at radius 1 is 1.69 bits per heavy atom. The molecule has 13 heavy (non-hydrogen) atoms. The van der Waals surface area contributed by atoms with Gasteiger partial charge < -0.3 is 9.53 Å². The number of aryl methyl sites for hydroxylation is 1. The number of carbonyl (C=O) groups is 1. The number of aromatic nitrogens is 1. The van der Waals surface area contributed by atoms with E-state index >= 15 is 0 Å². The summed E-state index contributed by atoms with van der Waals surface area (Å²) >= 11 is 1.61. The van der Waals surface area contributed by atoms with E-state index in [-0.39, 0.29) is 0 Å². The van der Waals surface area contributed by atoms with Crippen molar-refractivity contribution in [3.8, 4) is 0 Å². The topological polar surface area (TPSA) is 39.2 Å². The molecule has 4 heteroatoms. The first kappa shape index (κ1) is 10.3. The lowest BCUT2D eigenvalue weighted by Crippen LogP contribution is -1.91. The first-order valence-electron chi connectivity index (χ1n) is 4.23. The van der Waals surface area contributed by atoms with Crippen molar-refractivity contribution in [1.82, 2.24) is 4.98 Å². The number of methoxy groups -OCH3 is 1. The minimum Gasteiger partial charge on any atom is -0.385 e. The molecule has 1 heterocycles. The van der Waals surface area contributed by atoms with Gasteiger partial charge in [0, 0.05) is 37.6 Å². The van der Waals surface area contributed by atoms with Crippen molar-refractivity contribution in [2.45, 2.75) is 19.3 Å². The van der Waals surface area contributed by atoms with Gasteiger partial charge in [0.05, 0.1) is 5.01 Å². The standard InChI is InChI=1S/C9H13NO2S/c1-12-6-2-3-9-10-7-8(13-9)4-5-11/h5,7H,2-4,6H2,1H3. The SMILES string of the molecule is COCCCc1ncc(CC=O)s1. The second-order valence-electron chi connectivity index (χ2n) is 2.69. The van der Waals surface area contributed by atoms with Crippen LogP contribution in [0.3, 0.4) is 0 Å². The fourth-order valence-electron chi connectivity index (χ4n) is 1.01. The average Bonchev–Trinajstić information content (AvgIpc) is 2.54. The van der Waals surface area contributed by atoms with E-state index in [1.54, 1.807) is 24.6 Å². The van der Waals surface area contributed by atoms with Crippen LogP contribution in [0.5, 0.6) is 0 Å². The van der Waals surface area contributed by atoms with Gasteiger partial charge in [0.1, 0.15) is 6.29 Å². The highest BCUT2D eigenvalue weighted by atomic mass is 32.1. The van der Waals surface area contributed by atoms with Crippen LogP contribution in [0.2, 0.25) is 0 Å². The van der Waals surface area contributed by atoms with Crippen molar-refractivity contribution in [3.05, 3.63) is 16.1 Å². The van der Waals surface area contributed by atoms with Crippen LogP contribution >= 0.6 is 11.3 Å². The molecule has 1 rings (SSSR count). The average molecular weight is 199 g/mol. The summed E-state index contributed by atoms with van der Waals surface area (Å²) in [5.74, 6) is 0. The van der Waals surface area contributed by atoms with Gasteiger partial charge in [-0.1, -0.05) is 0 Å². The van der Waals surface area contributed by atoms with Crippen LogP contribution in [-0.4, -0.2) is 25.0 Å². The summed E-state index contributed by atoms with van der Waals surface area (Å²) in [6, 6.07) is 0. The van der Waals surface area contributed by atoms with Gasteiger partial charge in [-0.2, -0.15) is 0 Å². The highest BCUT2D eigenvalue weighted by Crippen LogP contribution is 2.14. The molecule has 0 atom stereocenters. The van der Waals surface area contributed by atoms with Crippen molar-refractivity contribution < 1.29 is 9.53 Å². The lowest BCUT2D eigenvalue weighted by atomic mass is 10.3. The molecule has 0 bridgehead atoms. The number of rotatable bonds is 6. The number of carbonyl (C=O) groups excluding carboxylic acids is 1. The maximum Gasteiger partial charge on any atom is 0.125 e. The van der Waals surface area contributed by atoms with Crippen LogP contribution in [-0.2, 0) is 22.4 Å². The van der Waals surface area contributed by atoms with Gasteiger partial charge in [-0.3, -0.25) is 0 Å². The van der Waals surface area contributed by atoms with Crippen molar-refractivity contribution >= 4 is 17.6 Å². The molecular formula is C9H13NO2S. The van der Waals surface area contributed by atoms with E-state index in [9.17, 15) is 4.79 Å². The molecule has 0 saturated heterocycles. The fourth-order valence-corrected chi connectivity index (χ4v) is 1.92. The molecule has 3 nitrogen and oxygen atoms in total. The second kappa shape index (κ2) is 5.83. The third-order valence-corrected chi connectivity index (χ3v) is 2.70. The van der Waals surface area contributed by atoms with E-state index in [1.165, 1.54) is 0 Å². The Balaban J connectivity index is 2.35. The van der Waals surface area contributed by atoms with E-state index in [2.05, 4.69) is 4.98 Å². The Morgan fingerprint density at radius 2 is 2.54 bits per heavy atom. The number of aldehydes is 1. The van der Waals surface area contributed by atoms with Crippen molar-refractivity contribution in [2.75, 3.05) is 13.7 Å². The van der Waals surface area contributed by atoms with Crippen LogP contribution in [0, 0.1) is 0 Å². The highest BCUT2D eigenvalue weighted by molar-refractivity contribution is 7.11. The molecule has 0 aromatic carbocycles. The molecule has 0 N–H and O–H groups in total. The summed E-state index contributed by atoms with van der Waals surface area (Å²) in [6.07, 6.45) is 5.11. The molecule has 0 aliphatic carbocycles. The van der Waals surface area contributed by atoms with E-state index in [0.717, 1.165) is 35.6 Å². The van der Waals surface area contributed by atoms with Crippen LogP contribution in [0.1, 0.15) is 16.3 Å². The van der Waals surface area contributed by atoms with Crippen molar-refractivity contribution in [2.24, 2.45) is 0 Å². The third kappa shape index (κ3) is 3.65. The van der Waals surface area contributed by atoms with E-state index in [4.69, 9.17) is 4.74 Å². The number of hydrogen-bond acceptors (Lipinski definition) is 4. The molecule has 1 aromatic heterocycles. The molecule has 0 saturated carbocycles. The van der Waals surface area contributed by atoms with Crippen molar-refractivity contribution in [3.63, 3.8) is 0 Å². The minimum absolute atomic E-state index is 0.488. The van der Waals surface area contributed by atoms with Gasteiger partial charge in [0.15, 0.2) is 0 Å². The van der Waals surface area contributed by atoms with E-state index < -0.39 is 0 Å². The quantitative estimate of drug-likeness (QED) is 0.514.